The van der Waals surface area contributed by atoms with Gasteiger partial charge in [-0.15, -0.1) is 0 Å². The third kappa shape index (κ3) is 9.13. The monoisotopic (exact) mass is 778 g/mol. The van der Waals surface area contributed by atoms with E-state index in [1.165, 1.54) is 32.4 Å². The van der Waals surface area contributed by atoms with Crippen LogP contribution in [0.3, 0.4) is 0 Å². The van der Waals surface area contributed by atoms with E-state index in [1.807, 2.05) is 17.9 Å². The van der Waals surface area contributed by atoms with E-state index >= 15 is 0 Å². The number of nitrogens with one attached hydrogen (secondary N) is 1. The number of methoxy groups -OCH3 is 2. The van der Waals surface area contributed by atoms with Gasteiger partial charge in [-0.1, -0.05) is 54.1 Å². The zero-order valence-electron chi connectivity index (χ0n) is 30.6. The Morgan fingerprint density at radius 2 is 1.58 bits per heavy atom. The van der Waals surface area contributed by atoms with Crippen LogP contribution in [0, 0.1) is 12.8 Å². The molecule has 2 fully saturated rings. The number of hydrogen-bond donors (Lipinski definition) is 3. The van der Waals surface area contributed by atoms with E-state index in [-0.39, 0.29) is 36.2 Å². The lowest BCUT2D eigenvalue weighted by Gasteiger charge is -2.20. The number of hydrogen-bond acceptors (Lipinski definition) is 8. The molecule has 6 rings (SSSR count). The zero-order chi connectivity index (χ0) is 39.4. The van der Waals surface area contributed by atoms with Crippen LogP contribution in [0.4, 0.5) is 18.9 Å². The Hall–Kier alpha value is -4.95. The van der Waals surface area contributed by atoms with Gasteiger partial charge in [0.05, 0.1) is 36.8 Å². The standard InChI is InChI=1S/C41H42ClF3N4O6/c1-24-31(7-5-9-34(24)47-39(51)35-18-37(55-3)29(19-46-35)22-49-15-13-30(50)23-49)32-8-4-6-25(38(32)42)10-11-26-17-36(54-2)28(16-33(26)41(43,44)45)21-48-14-12-27(20-48)40(52)53/h4-11,16-19,27,30,50H,12-15,20-23H2,1-3H3,(H,47,51)(H,52,53)/b11-10+/t27-,30-/m1/s1. The molecule has 14 heteroatoms. The van der Waals surface area contributed by atoms with Crippen LogP contribution in [0.25, 0.3) is 23.3 Å². The minimum absolute atomic E-state index is 0.117. The minimum atomic E-state index is -4.68. The normalized spacial score (nSPS) is 17.9. The Labute approximate surface area is 322 Å². The molecule has 2 aliphatic heterocycles. The summed E-state index contributed by atoms with van der Waals surface area (Å²) in [6.07, 6.45) is 0.565. The van der Waals surface area contributed by atoms with Crippen molar-refractivity contribution in [1.29, 1.82) is 0 Å². The van der Waals surface area contributed by atoms with Crippen LogP contribution in [0.2, 0.25) is 5.02 Å². The first-order valence-corrected chi connectivity index (χ1v) is 18.2. The molecule has 0 unspecified atom stereocenters. The van der Waals surface area contributed by atoms with Crippen molar-refractivity contribution in [2.24, 2.45) is 5.92 Å². The van der Waals surface area contributed by atoms with Crippen LogP contribution in [-0.4, -0.2) is 83.4 Å². The Kier molecular flexibility index (Phi) is 12.2. The number of halogens is 4. The molecule has 3 N–H and O–H groups in total. The van der Waals surface area contributed by atoms with E-state index in [0.717, 1.165) is 18.2 Å². The number of aliphatic hydroxyl groups is 1. The number of anilines is 1. The third-order valence-corrected chi connectivity index (χ3v) is 10.6. The summed E-state index contributed by atoms with van der Waals surface area (Å²) in [7, 11) is 2.91. The average molecular weight is 779 g/mol. The smallest absolute Gasteiger partial charge is 0.417 e. The molecule has 0 saturated carbocycles. The van der Waals surface area contributed by atoms with Gasteiger partial charge in [-0.3, -0.25) is 24.4 Å². The van der Waals surface area contributed by atoms with Crippen LogP contribution in [0.15, 0.2) is 60.8 Å². The van der Waals surface area contributed by atoms with Gasteiger partial charge >= 0.3 is 12.1 Å². The number of carbonyl (C=O) groups excluding carboxylic acids is 1. The van der Waals surface area contributed by atoms with Gasteiger partial charge in [-0.05, 0) is 66.8 Å². The predicted octanol–water partition coefficient (Wildman–Crippen LogP) is 7.64. The van der Waals surface area contributed by atoms with Gasteiger partial charge in [-0.25, -0.2) is 0 Å². The highest BCUT2D eigenvalue weighted by Gasteiger charge is 2.35. The number of aliphatic carboxylic acids is 1. The lowest BCUT2D eigenvalue weighted by molar-refractivity contribution is -0.141. The Morgan fingerprint density at radius 1 is 0.927 bits per heavy atom. The van der Waals surface area contributed by atoms with E-state index < -0.39 is 29.5 Å². The number of likely N-dealkylation sites (tertiary alicyclic amines) is 2. The summed E-state index contributed by atoms with van der Waals surface area (Å²) in [6, 6.07) is 14.6. The summed E-state index contributed by atoms with van der Waals surface area (Å²) in [5, 5.41) is 22.5. The lowest BCUT2D eigenvalue weighted by atomic mass is 9.96. The molecule has 290 valence electrons. The van der Waals surface area contributed by atoms with Crippen molar-refractivity contribution in [1.82, 2.24) is 14.8 Å². The van der Waals surface area contributed by atoms with Crippen molar-refractivity contribution in [3.8, 4) is 22.6 Å². The van der Waals surface area contributed by atoms with Gasteiger partial charge in [-0.2, -0.15) is 13.2 Å². The molecule has 3 aromatic carbocycles. The second kappa shape index (κ2) is 16.8. The van der Waals surface area contributed by atoms with E-state index in [1.54, 1.807) is 42.6 Å². The molecular weight excluding hydrogens is 737 g/mol. The molecule has 0 spiro atoms. The number of alkyl halides is 3. The highest BCUT2D eigenvalue weighted by Crippen LogP contribution is 2.40. The molecule has 1 aromatic heterocycles. The van der Waals surface area contributed by atoms with Gasteiger partial charge in [0.1, 0.15) is 17.2 Å². The summed E-state index contributed by atoms with van der Waals surface area (Å²) >= 11 is 6.92. The molecule has 2 saturated heterocycles. The first-order valence-electron chi connectivity index (χ1n) is 17.8. The number of carboxylic acid groups (broad SMARTS) is 1. The Balaban J connectivity index is 1.23. The van der Waals surface area contributed by atoms with Crippen molar-refractivity contribution >= 4 is 41.3 Å². The molecule has 2 aliphatic rings. The maximum Gasteiger partial charge on any atom is 0.417 e. The van der Waals surface area contributed by atoms with Gasteiger partial charge in [0, 0.05) is 67.4 Å². The molecule has 0 bridgehead atoms. The van der Waals surface area contributed by atoms with Crippen LogP contribution >= 0.6 is 11.6 Å². The molecular formula is C41H42ClF3N4O6. The van der Waals surface area contributed by atoms with Crippen molar-refractivity contribution in [2.45, 2.75) is 45.1 Å². The topological polar surface area (TPSA) is 124 Å². The van der Waals surface area contributed by atoms with Crippen LogP contribution < -0.4 is 14.8 Å². The first kappa shape index (κ1) is 39.7. The molecule has 3 heterocycles. The Morgan fingerprint density at radius 3 is 2.25 bits per heavy atom. The van der Waals surface area contributed by atoms with Crippen molar-refractivity contribution in [3.63, 3.8) is 0 Å². The number of carboxylic acids is 1. The summed E-state index contributed by atoms with van der Waals surface area (Å²) in [4.78, 5) is 33.1. The van der Waals surface area contributed by atoms with Crippen molar-refractivity contribution in [3.05, 3.63) is 105 Å². The zero-order valence-corrected chi connectivity index (χ0v) is 31.4. The van der Waals surface area contributed by atoms with Crippen LogP contribution in [0.1, 0.15) is 56.7 Å². The minimum Gasteiger partial charge on any atom is -0.496 e. The maximum atomic E-state index is 14.4. The maximum absolute atomic E-state index is 14.4. The average Bonchev–Trinajstić information content (AvgIpc) is 3.80. The van der Waals surface area contributed by atoms with E-state index in [2.05, 4.69) is 15.2 Å². The number of aliphatic hydroxyl groups excluding tert-OH is 1. The van der Waals surface area contributed by atoms with Crippen LogP contribution in [0.5, 0.6) is 11.5 Å². The van der Waals surface area contributed by atoms with E-state index in [9.17, 15) is 33.0 Å². The number of ether oxygens (including phenoxy) is 2. The first-order chi connectivity index (χ1) is 26.2. The number of rotatable bonds is 12. The molecule has 1 amide bonds. The highest BCUT2D eigenvalue weighted by molar-refractivity contribution is 6.35. The van der Waals surface area contributed by atoms with E-state index in [4.69, 9.17) is 21.1 Å². The van der Waals surface area contributed by atoms with Gasteiger partial charge in [0.15, 0.2) is 0 Å². The summed E-state index contributed by atoms with van der Waals surface area (Å²) < 4.78 is 54.3. The number of carbonyl (C=O) groups is 2. The number of aromatic nitrogens is 1. The third-order valence-electron chi connectivity index (χ3n) is 10.2. The number of nitrogens with zero attached hydrogens (tertiary/aromatic N) is 3. The van der Waals surface area contributed by atoms with Crippen LogP contribution in [-0.2, 0) is 24.1 Å². The number of benzene rings is 3. The fourth-order valence-electron chi connectivity index (χ4n) is 7.17. The summed E-state index contributed by atoms with van der Waals surface area (Å²) in [5.41, 5.74) is 3.32. The Bertz CT molecular complexity index is 2110. The quantitative estimate of drug-likeness (QED) is 0.125. The molecule has 0 aliphatic carbocycles. The molecule has 10 nitrogen and oxygen atoms in total. The number of amides is 1. The number of β-amino-alcohol motifs (C(OH)–C–C–N with tert-alkyl or cyclic N) is 1. The second-order valence-electron chi connectivity index (χ2n) is 13.8. The van der Waals surface area contributed by atoms with Gasteiger partial charge in [0.2, 0.25) is 0 Å². The van der Waals surface area contributed by atoms with Crippen molar-refractivity contribution in [2.75, 3.05) is 45.7 Å². The second-order valence-corrected chi connectivity index (χ2v) is 14.2. The number of pyridine rings is 1. The van der Waals surface area contributed by atoms with Crippen molar-refractivity contribution < 1.29 is 42.4 Å². The summed E-state index contributed by atoms with van der Waals surface area (Å²) in [6.45, 7) is 4.51. The molecule has 0 radical (unpaired) electrons. The van der Waals surface area contributed by atoms with Gasteiger partial charge < -0.3 is 25.0 Å². The van der Waals surface area contributed by atoms with E-state index in [0.29, 0.717) is 76.8 Å². The largest absolute Gasteiger partial charge is 0.496 e. The molecule has 2 atom stereocenters. The predicted molar refractivity (Wildman–Crippen MR) is 204 cm³/mol. The molecule has 55 heavy (non-hydrogen) atoms. The fraction of sp³-hybridized carbons (Fsp3) is 0.341. The highest BCUT2D eigenvalue weighted by atomic mass is 35.5. The molecule has 4 aromatic rings. The fourth-order valence-corrected chi connectivity index (χ4v) is 7.46. The summed E-state index contributed by atoms with van der Waals surface area (Å²) in [5.74, 6) is -1.16. The lowest BCUT2D eigenvalue weighted by Crippen LogP contribution is -2.23. The SMILES string of the molecule is COc1cc(C(=O)Nc2cccc(-c3cccc(/C=C/c4cc(OC)c(CN5CC[C@@H](C(=O)O)C5)cc4C(F)(F)F)c3Cl)c2C)ncc1CN1CC[C@@H](O)C1. The van der Waals surface area contributed by atoms with Gasteiger partial charge in [0.25, 0.3) is 5.91 Å².